The van der Waals surface area contributed by atoms with E-state index in [0.717, 1.165) is 27.4 Å². The Hall–Kier alpha value is -3.01. The fourth-order valence-electron chi connectivity index (χ4n) is 2.85. The average molecular weight is 276 g/mol. The summed E-state index contributed by atoms with van der Waals surface area (Å²) >= 11 is 0. The van der Waals surface area contributed by atoms with Gasteiger partial charge in [-0.3, -0.25) is 0 Å². The van der Waals surface area contributed by atoms with Gasteiger partial charge in [0.2, 0.25) is 0 Å². The number of aromatic amines is 2. The third-order valence-corrected chi connectivity index (χ3v) is 3.83. The van der Waals surface area contributed by atoms with E-state index >= 15 is 0 Å². The van der Waals surface area contributed by atoms with Crippen LogP contribution in [0, 0.1) is 0 Å². The maximum absolute atomic E-state index is 11.3. The van der Waals surface area contributed by atoms with Crippen LogP contribution < -0.4 is 0 Å². The molecular formula is C17H12N2O2. The monoisotopic (exact) mass is 276 g/mol. The van der Waals surface area contributed by atoms with Gasteiger partial charge in [-0.2, -0.15) is 0 Å². The molecule has 4 nitrogen and oxygen atoms in total. The zero-order valence-corrected chi connectivity index (χ0v) is 11.1. The molecule has 102 valence electrons. The van der Waals surface area contributed by atoms with E-state index in [2.05, 4.69) is 16.0 Å². The van der Waals surface area contributed by atoms with Gasteiger partial charge >= 0.3 is 5.97 Å². The number of hydrogen-bond acceptors (Lipinski definition) is 1. The number of benzene rings is 2. The van der Waals surface area contributed by atoms with E-state index in [4.69, 9.17) is 0 Å². The number of carboxylic acids is 1. The SMILES string of the molecule is O=C(O)c1cccc2c(-c3c[nH]c4ccccc34)c[nH]c12. The van der Waals surface area contributed by atoms with Gasteiger partial charge < -0.3 is 15.1 Å². The Morgan fingerprint density at radius 1 is 0.857 bits per heavy atom. The van der Waals surface area contributed by atoms with E-state index in [0.29, 0.717) is 11.1 Å². The lowest BCUT2D eigenvalue weighted by atomic mass is 10.0. The predicted molar refractivity (Wildman–Crippen MR) is 82.6 cm³/mol. The molecule has 0 saturated heterocycles. The number of para-hydroxylation sites is 2. The van der Waals surface area contributed by atoms with Gasteiger partial charge in [0.1, 0.15) is 0 Å². The minimum absolute atomic E-state index is 0.290. The Bertz CT molecular complexity index is 979. The minimum atomic E-state index is -0.923. The first kappa shape index (κ1) is 11.8. The van der Waals surface area contributed by atoms with Crippen molar-refractivity contribution in [3.8, 4) is 11.1 Å². The Morgan fingerprint density at radius 2 is 1.57 bits per heavy atom. The molecule has 4 aromatic rings. The van der Waals surface area contributed by atoms with Crippen LogP contribution in [0.4, 0.5) is 0 Å². The highest BCUT2D eigenvalue weighted by atomic mass is 16.4. The van der Waals surface area contributed by atoms with Gasteiger partial charge in [0.15, 0.2) is 0 Å². The second kappa shape index (κ2) is 4.24. The molecule has 2 aromatic heterocycles. The van der Waals surface area contributed by atoms with Crippen molar-refractivity contribution >= 4 is 27.8 Å². The largest absolute Gasteiger partial charge is 0.478 e. The third-order valence-electron chi connectivity index (χ3n) is 3.83. The van der Waals surface area contributed by atoms with Crippen molar-refractivity contribution in [3.63, 3.8) is 0 Å². The Morgan fingerprint density at radius 3 is 2.43 bits per heavy atom. The van der Waals surface area contributed by atoms with E-state index in [1.165, 1.54) is 0 Å². The number of H-pyrrole nitrogens is 2. The van der Waals surface area contributed by atoms with Crippen molar-refractivity contribution < 1.29 is 9.90 Å². The number of carbonyl (C=O) groups is 1. The van der Waals surface area contributed by atoms with Crippen LogP contribution in [0.3, 0.4) is 0 Å². The molecule has 0 aliphatic heterocycles. The highest BCUT2D eigenvalue weighted by Gasteiger charge is 2.15. The van der Waals surface area contributed by atoms with Crippen LogP contribution in [0.1, 0.15) is 10.4 Å². The second-order valence-corrected chi connectivity index (χ2v) is 4.98. The zero-order chi connectivity index (χ0) is 14.4. The van der Waals surface area contributed by atoms with Crippen molar-refractivity contribution in [1.29, 1.82) is 0 Å². The lowest BCUT2D eigenvalue weighted by molar-refractivity contribution is 0.0699. The molecular weight excluding hydrogens is 264 g/mol. The Kier molecular flexibility index (Phi) is 2.38. The summed E-state index contributed by atoms with van der Waals surface area (Å²) in [5, 5.41) is 11.3. The zero-order valence-electron chi connectivity index (χ0n) is 11.1. The molecule has 0 atom stereocenters. The molecule has 3 N–H and O–H groups in total. The van der Waals surface area contributed by atoms with E-state index in [9.17, 15) is 9.90 Å². The first-order valence-corrected chi connectivity index (χ1v) is 6.65. The highest BCUT2D eigenvalue weighted by Crippen LogP contribution is 2.34. The van der Waals surface area contributed by atoms with E-state index in [1.807, 2.05) is 36.7 Å². The summed E-state index contributed by atoms with van der Waals surface area (Å²) in [5.74, 6) is -0.923. The molecule has 0 aliphatic rings. The molecule has 21 heavy (non-hydrogen) atoms. The fraction of sp³-hybridized carbons (Fsp3) is 0. The highest BCUT2D eigenvalue weighted by molar-refractivity contribution is 6.10. The van der Waals surface area contributed by atoms with Crippen LogP contribution in [0.25, 0.3) is 32.9 Å². The molecule has 0 bridgehead atoms. The van der Waals surface area contributed by atoms with Crippen molar-refractivity contribution in [2.75, 3.05) is 0 Å². The predicted octanol–water partition coefficient (Wildman–Crippen LogP) is 4.01. The maximum atomic E-state index is 11.3. The topological polar surface area (TPSA) is 68.9 Å². The number of rotatable bonds is 2. The molecule has 0 aliphatic carbocycles. The average Bonchev–Trinajstić information content (AvgIpc) is 3.09. The van der Waals surface area contributed by atoms with Crippen LogP contribution in [-0.4, -0.2) is 21.0 Å². The van der Waals surface area contributed by atoms with Gasteiger partial charge in [-0.05, 0) is 12.1 Å². The second-order valence-electron chi connectivity index (χ2n) is 4.98. The minimum Gasteiger partial charge on any atom is -0.478 e. The number of fused-ring (bicyclic) bond motifs is 2. The van der Waals surface area contributed by atoms with Gasteiger partial charge in [0.25, 0.3) is 0 Å². The molecule has 0 spiro atoms. The number of aromatic nitrogens is 2. The first-order chi connectivity index (χ1) is 10.3. The molecule has 4 rings (SSSR count). The Balaban J connectivity index is 2.04. The lowest BCUT2D eigenvalue weighted by Crippen LogP contribution is -1.96. The maximum Gasteiger partial charge on any atom is 0.337 e. The van der Waals surface area contributed by atoms with Crippen LogP contribution in [0.5, 0.6) is 0 Å². The van der Waals surface area contributed by atoms with E-state index in [1.54, 1.807) is 12.1 Å². The van der Waals surface area contributed by atoms with Crippen molar-refractivity contribution in [2.24, 2.45) is 0 Å². The van der Waals surface area contributed by atoms with E-state index < -0.39 is 5.97 Å². The molecule has 0 saturated carbocycles. The van der Waals surface area contributed by atoms with Crippen molar-refractivity contribution in [2.45, 2.75) is 0 Å². The summed E-state index contributed by atoms with van der Waals surface area (Å²) in [6, 6.07) is 13.4. The van der Waals surface area contributed by atoms with E-state index in [-0.39, 0.29) is 0 Å². The van der Waals surface area contributed by atoms with Crippen molar-refractivity contribution in [1.82, 2.24) is 9.97 Å². The molecule has 0 unspecified atom stereocenters. The van der Waals surface area contributed by atoms with Crippen LogP contribution in [-0.2, 0) is 0 Å². The summed E-state index contributed by atoms with van der Waals surface area (Å²) in [6.07, 6.45) is 3.83. The van der Waals surface area contributed by atoms with Crippen LogP contribution in [0.15, 0.2) is 54.9 Å². The van der Waals surface area contributed by atoms with Gasteiger partial charge in [-0.15, -0.1) is 0 Å². The molecule has 0 fully saturated rings. The molecule has 2 aromatic carbocycles. The summed E-state index contributed by atoms with van der Waals surface area (Å²) in [4.78, 5) is 17.6. The van der Waals surface area contributed by atoms with Gasteiger partial charge in [-0.25, -0.2) is 4.79 Å². The standard InChI is InChI=1S/C17H12N2O2/c20-17(21)12-6-3-5-11-14(9-19-16(11)12)13-8-18-15-7-2-1-4-10(13)15/h1-9,18-19H,(H,20,21). The summed E-state index contributed by atoms with van der Waals surface area (Å²) in [6.45, 7) is 0. The lowest BCUT2D eigenvalue weighted by Gasteiger charge is -2.00. The Labute approximate surface area is 120 Å². The molecule has 2 heterocycles. The normalized spacial score (nSPS) is 11.2. The number of hydrogen-bond donors (Lipinski definition) is 3. The van der Waals surface area contributed by atoms with Gasteiger partial charge in [-0.1, -0.05) is 30.3 Å². The van der Waals surface area contributed by atoms with Crippen molar-refractivity contribution in [3.05, 3.63) is 60.4 Å². The fourth-order valence-corrected chi connectivity index (χ4v) is 2.85. The number of aromatic carboxylic acids is 1. The van der Waals surface area contributed by atoms with Gasteiger partial charge in [0.05, 0.1) is 11.1 Å². The quantitative estimate of drug-likeness (QED) is 0.517. The molecule has 0 radical (unpaired) electrons. The molecule has 4 heteroatoms. The first-order valence-electron chi connectivity index (χ1n) is 6.65. The van der Waals surface area contributed by atoms with Gasteiger partial charge in [0, 0.05) is 39.8 Å². The van der Waals surface area contributed by atoms with Crippen LogP contribution in [0.2, 0.25) is 0 Å². The smallest absolute Gasteiger partial charge is 0.337 e. The number of nitrogens with one attached hydrogen (secondary N) is 2. The summed E-state index contributed by atoms with van der Waals surface area (Å²) < 4.78 is 0. The third kappa shape index (κ3) is 1.66. The molecule has 0 amide bonds. The van der Waals surface area contributed by atoms with Crippen LogP contribution >= 0.6 is 0 Å². The number of carboxylic acid groups (broad SMARTS) is 1. The summed E-state index contributed by atoms with van der Waals surface area (Å²) in [5.41, 5.74) is 4.09. The summed E-state index contributed by atoms with van der Waals surface area (Å²) in [7, 11) is 0.